The van der Waals surface area contributed by atoms with Gasteiger partial charge in [0.15, 0.2) is 0 Å². The Morgan fingerprint density at radius 2 is 2.05 bits per heavy atom. The molecule has 0 aliphatic carbocycles. The summed E-state index contributed by atoms with van der Waals surface area (Å²) in [6, 6.07) is 8.28. The average molecular weight is 443 g/mol. The van der Waals surface area contributed by atoms with Crippen LogP contribution in [0.4, 0.5) is 0 Å². The molecule has 4 heteroatoms. The van der Waals surface area contributed by atoms with E-state index in [0.717, 1.165) is 17.7 Å². The van der Waals surface area contributed by atoms with E-state index in [4.69, 9.17) is 0 Å². The van der Waals surface area contributed by atoms with Crippen LogP contribution < -0.4 is 0 Å². The molecule has 2 rings (SSSR count). The van der Waals surface area contributed by atoms with Gasteiger partial charge >= 0.3 is 0 Å². The minimum absolute atomic E-state index is 0. The van der Waals surface area contributed by atoms with E-state index < -0.39 is 0 Å². The molecule has 1 aromatic rings. The third kappa shape index (κ3) is 3.67. The zero-order valence-corrected chi connectivity index (χ0v) is 16.3. The number of rotatable bonds is 3. The summed E-state index contributed by atoms with van der Waals surface area (Å²) < 4.78 is 0.0279. The van der Waals surface area contributed by atoms with Gasteiger partial charge in [-0.05, 0) is 13.3 Å². The van der Waals surface area contributed by atoms with Crippen molar-refractivity contribution in [3.63, 3.8) is 0 Å². The van der Waals surface area contributed by atoms with Crippen molar-refractivity contribution < 1.29 is 37.5 Å². The fraction of sp³-hybridized carbons (Fsp3) is 0.400. The second-order valence-electron chi connectivity index (χ2n) is 4.29. The molecule has 1 aliphatic rings. The fourth-order valence-electron chi connectivity index (χ4n) is 2.26. The number of carbonyl (C=O) groups is 1. The van der Waals surface area contributed by atoms with Crippen LogP contribution in [-0.4, -0.2) is 21.3 Å². The topological polar surface area (TPSA) is 20.3 Å². The molecule has 0 N–H and O–H groups in total. The Morgan fingerprint density at radius 3 is 2.68 bits per heavy atom. The van der Waals surface area contributed by atoms with E-state index in [9.17, 15) is 4.79 Å². The summed E-state index contributed by atoms with van der Waals surface area (Å²) in [5.74, 6) is 0.206. The molecule has 1 aliphatic heterocycles. The molecule has 1 aromatic carbocycles. The van der Waals surface area contributed by atoms with Gasteiger partial charge in [-0.15, -0.1) is 22.9 Å². The monoisotopic (exact) mass is 443 g/mol. The molecule has 0 aromatic heterocycles. The number of halogens is 1. The van der Waals surface area contributed by atoms with Crippen LogP contribution in [0.2, 0.25) is 0 Å². The first-order chi connectivity index (χ1) is 8.69. The van der Waals surface area contributed by atoms with E-state index in [-0.39, 0.29) is 42.5 Å². The second-order valence-corrected chi connectivity index (χ2v) is 5.79. The quantitative estimate of drug-likeness (QED) is 0.399. The van der Waals surface area contributed by atoms with Crippen LogP contribution in [0.15, 0.2) is 24.3 Å². The molecule has 0 saturated carbocycles. The van der Waals surface area contributed by atoms with E-state index in [2.05, 4.69) is 47.7 Å². The molecule has 1 radical (unpaired) electrons. The molecule has 19 heavy (non-hydrogen) atoms. The maximum Gasteiger partial charge on any atom is 0.235 e. The zero-order valence-electron chi connectivity index (χ0n) is 11.3. The Hall–Kier alpha value is 0.264. The summed E-state index contributed by atoms with van der Waals surface area (Å²) in [6.07, 6.45) is 5.09. The van der Waals surface area contributed by atoms with Crippen LogP contribution >= 0.6 is 22.6 Å². The molecule has 1 heterocycles. The molecule has 0 spiro atoms. The Bertz CT molecular complexity index is 487. The number of nitrogens with zero attached hydrogens (tertiary/aromatic N) is 1. The van der Waals surface area contributed by atoms with Gasteiger partial charge in [0, 0.05) is 39.3 Å². The predicted octanol–water partition coefficient (Wildman–Crippen LogP) is 3.45. The number of allylic oxidation sites excluding steroid dienone is 1. The van der Waals surface area contributed by atoms with Crippen molar-refractivity contribution in [3.8, 4) is 0 Å². The predicted molar refractivity (Wildman–Crippen MR) is 82.3 cm³/mol. The van der Waals surface area contributed by atoms with E-state index in [1.165, 1.54) is 5.56 Å². The van der Waals surface area contributed by atoms with Crippen molar-refractivity contribution in [2.75, 3.05) is 6.54 Å². The van der Waals surface area contributed by atoms with Gasteiger partial charge in [-0.1, -0.05) is 54.1 Å². The minimum atomic E-state index is 0. The van der Waals surface area contributed by atoms with Crippen molar-refractivity contribution in [2.45, 2.75) is 30.6 Å². The van der Waals surface area contributed by atoms with E-state index >= 15 is 0 Å². The standard InChI is InChI=1S/C15H17INO.Y/c1-3-11-7-5-6-8-12(11)14-10-9-13(16)15(18)17(14)4-2;/h5-8,13H,3-4,9H2,1-2H3;/q-1;. The summed E-state index contributed by atoms with van der Waals surface area (Å²) >= 11 is 2.20. The number of benzene rings is 1. The van der Waals surface area contributed by atoms with Crippen molar-refractivity contribution in [3.05, 3.63) is 41.5 Å². The number of aryl methyl sites for hydroxylation is 1. The Morgan fingerprint density at radius 1 is 1.37 bits per heavy atom. The summed E-state index contributed by atoms with van der Waals surface area (Å²) in [6.45, 7) is 4.86. The van der Waals surface area contributed by atoms with Gasteiger partial charge in [-0.2, -0.15) is 0 Å². The first-order valence-electron chi connectivity index (χ1n) is 6.33. The maximum atomic E-state index is 12.2. The van der Waals surface area contributed by atoms with E-state index in [0.29, 0.717) is 13.0 Å². The van der Waals surface area contributed by atoms with Gasteiger partial charge in [0.05, 0.1) is 3.92 Å². The molecule has 2 nitrogen and oxygen atoms in total. The molecule has 0 bridgehead atoms. The van der Waals surface area contributed by atoms with Gasteiger partial charge in [0.25, 0.3) is 0 Å². The smallest absolute Gasteiger partial charge is 0.235 e. The summed E-state index contributed by atoms with van der Waals surface area (Å²) in [5.41, 5.74) is 3.39. The number of alkyl halides is 1. The largest absolute Gasteiger partial charge is 0.347 e. The number of hydrogen-bond donors (Lipinski definition) is 0. The SMILES string of the molecule is CCc1ccccc1C1=[C-]CC(I)C(=O)N1CC.[Y]. The van der Waals surface area contributed by atoms with Gasteiger partial charge < -0.3 is 4.90 Å². The molecule has 1 atom stereocenters. The Labute approximate surface area is 154 Å². The normalized spacial score (nSPS) is 18.9. The van der Waals surface area contributed by atoms with Crippen LogP contribution in [-0.2, 0) is 43.9 Å². The van der Waals surface area contributed by atoms with Crippen molar-refractivity contribution in [2.24, 2.45) is 0 Å². The molecular weight excluding hydrogens is 426 g/mol. The van der Waals surface area contributed by atoms with Crippen molar-refractivity contribution >= 4 is 34.2 Å². The van der Waals surface area contributed by atoms with Crippen LogP contribution in [0.5, 0.6) is 0 Å². The fourth-order valence-corrected chi connectivity index (χ4v) is 2.82. The average Bonchev–Trinajstić information content (AvgIpc) is 2.41. The van der Waals surface area contributed by atoms with Gasteiger partial charge in [0.2, 0.25) is 5.91 Å². The Balaban J connectivity index is 0.00000180. The third-order valence-electron chi connectivity index (χ3n) is 3.22. The molecule has 1 amide bonds. The number of hydrogen-bond acceptors (Lipinski definition) is 1. The second kappa shape index (κ2) is 7.89. The number of carbonyl (C=O) groups excluding carboxylic acids is 1. The first-order valence-corrected chi connectivity index (χ1v) is 7.58. The summed E-state index contributed by atoms with van der Waals surface area (Å²) in [5, 5.41) is 0. The number of amides is 1. The van der Waals surface area contributed by atoms with Crippen LogP contribution in [0, 0.1) is 6.08 Å². The van der Waals surface area contributed by atoms with Crippen molar-refractivity contribution in [1.29, 1.82) is 0 Å². The van der Waals surface area contributed by atoms with Crippen LogP contribution in [0.25, 0.3) is 5.70 Å². The van der Waals surface area contributed by atoms with Gasteiger partial charge in [0.1, 0.15) is 0 Å². The molecule has 99 valence electrons. The zero-order chi connectivity index (χ0) is 13.1. The summed E-state index contributed by atoms with van der Waals surface area (Å²) in [7, 11) is 0. The van der Waals surface area contributed by atoms with E-state index in [1.807, 2.05) is 24.0 Å². The van der Waals surface area contributed by atoms with Crippen molar-refractivity contribution in [1.82, 2.24) is 4.90 Å². The molecule has 0 saturated heterocycles. The maximum absolute atomic E-state index is 12.2. The van der Waals surface area contributed by atoms with Crippen LogP contribution in [0.1, 0.15) is 31.4 Å². The molecule has 1 unspecified atom stereocenters. The third-order valence-corrected chi connectivity index (χ3v) is 4.20. The van der Waals surface area contributed by atoms with Gasteiger partial charge in [-0.3, -0.25) is 4.79 Å². The Kier molecular flexibility index (Phi) is 7.19. The molecule has 0 fully saturated rings. The summed E-state index contributed by atoms with van der Waals surface area (Å²) in [4.78, 5) is 14.1. The molecular formula is C15H17INOY-. The van der Waals surface area contributed by atoms with Gasteiger partial charge in [-0.25, -0.2) is 6.08 Å². The van der Waals surface area contributed by atoms with Crippen LogP contribution in [0.3, 0.4) is 0 Å². The van der Waals surface area contributed by atoms with E-state index in [1.54, 1.807) is 0 Å². The first kappa shape index (κ1) is 17.3. The minimum Gasteiger partial charge on any atom is -0.347 e.